The molecule has 4 N–H and O–H groups in total. The Hall–Kier alpha value is -2.00. The topological polar surface area (TPSA) is 144 Å². The smallest absolute Gasteiger partial charge is 0.372 e. The number of hydrogen-bond donors (Lipinski definition) is 4. The van der Waals surface area contributed by atoms with Gasteiger partial charge in [0.2, 0.25) is 5.78 Å². The van der Waals surface area contributed by atoms with Crippen molar-refractivity contribution in [2.24, 2.45) is 0 Å². The zero-order valence-corrected chi connectivity index (χ0v) is 11.3. The van der Waals surface area contributed by atoms with Crippen LogP contribution in [0.4, 0.5) is 0 Å². The lowest BCUT2D eigenvalue weighted by Gasteiger charge is -2.38. The maximum absolute atomic E-state index is 11.0. The molecule has 0 bridgehead atoms. The van der Waals surface area contributed by atoms with Crippen LogP contribution in [0.25, 0.3) is 0 Å². The van der Waals surface area contributed by atoms with Crippen LogP contribution in [0.1, 0.15) is 19.3 Å². The number of rotatable bonds is 10. The lowest BCUT2D eigenvalue weighted by atomic mass is 10.0. The second kappa shape index (κ2) is 7.70. The molecule has 2 atom stereocenters. The number of carbonyl (C=O) groups is 4. The van der Waals surface area contributed by atoms with Crippen LogP contribution in [0, 0.1) is 0 Å². The van der Waals surface area contributed by atoms with Crippen molar-refractivity contribution in [1.82, 2.24) is 10.2 Å². The quantitative estimate of drug-likeness (QED) is 0.359. The van der Waals surface area contributed by atoms with Gasteiger partial charge in [0.25, 0.3) is 0 Å². The lowest BCUT2D eigenvalue weighted by Crippen LogP contribution is -2.53. The van der Waals surface area contributed by atoms with Crippen molar-refractivity contribution in [3.8, 4) is 0 Å². The summed E-state index contributed by atoms with van der Waals surface area (Å²) < 4.78 is 0. The zero-order valence-electron chi connectivity index (χ0n) is 11.3. The predicted octanol–water partition coefficient (Wildman–Crippen LogP) is -1.38. The fourth-order valence-corrected chi connectivity index (χ4v) is 2.06. The van der Waals surface area contributed by atoms with Crippen LogP contribution in [0.3, 0.4) is 0 Å². The van der Waals surface area contributed by atoms with E-state index in [-0.39, 0.29) is 19.4 Å². The number of carboxylic acids is 3. The average Bonchev–Trinajstić information content (AvgIpc) is 2.34. The van der Waals surface area contributed by atoms with Gasteiger partial charge in [-0.25, -0.2) is 4.79 Å². The van der Waals surface area contributed by atoms with E-state index in [1.54, 1.807) is 4.90 Å². The van der Waals surface area contributed by atoms with Crippen molar-refractivity contribution >= 4 is 23.7 Å². The third kappa shape index (κ3) is 5.12. The Labute approximate surface area is 120 Å². The van der Waals surface area contributed by atoms with Crippen molar-refractivity contribution in [3.05, 3.63) is 0 Å². The van der Waals surface area contributed by atoms with Gasteiger partial charge in [0.1, 0.15) is 12.1 Å². The van der Waals surface area contributed by atoms with Gasteiger partial charge < -0.3 is 20.6 Å². The molecule has 21 heavy (non-hydrogen) atoms. The van der Waals surface area contributed by atoms with E-state index in [0.29, 0.717) is 19.5 Å². The number of carboxylic acid groups (broad SMARTS) is 3. The van der Waals surface area contributed by atoms with E-state index in [2.05, 4.69) is 5.32 Å². The first kappa shape index (κ1) is 17.1. The first-order valence-corrected chi connectivity index (χ1v) is 6.52. The molecule has 1 aliphatic heterocycles. The summed E-state index contributed by atoms with van der Waals surface area (Å²) >= 11 is 0. The summed E-state index contributed by atoms with van der Waals surface area (Å²) in [4.78, 5) is 44.7. The number of hydrogen-bond acceptors (Lipinski definition) is 6. The van der Waals surface area contributed by atoms with E-state index in [1.165, 1.54) is 0 Å². The van der Waals surface area contributed by atoms with E-state index in [9.17, 15) is 19.2 Å². The van der Waals surface area contributed by atoms with Gasteiger partial charge in [0.05, 0.1) is 0 Å². The molecular weight excluding hydrogens is 284 g/mol. The van der Waals surface area contributed by atoms with E-state index >= 15 is 0 Å². The number of aliphatic carboxylic acids is 3. The van der Waals surface area contributed by atoms with Crippen LogP contribution in [0.5, 0.6) is 0 Å². The Balaban J connectivity index is 2.34. The molecule has 1 unspecified atom stereocenters. The molecule has 0 radical (unpaired) electrons. The molecule has 9 heteroatoms. The average molecular weight is 302 g/mol. The third-order valence-electron chi connectivity index (χ3n) is 3.40. The molecule has 0 aliphatic carbocycles. The number of Topliss-reactive ketones (excluding diaryl/α,β-unsaturated/α-hetero) is 1. The molecule has 1 heterocycles. The molecular formula is C12H18N2O7. The van der Waals surface area contributed by atoms with Gasteiger partial charge in [-0.3, -0.25) is 19.3 Å². The number of carbonyl (C=O) groups excluding carboxylic acids is 1. The van der Waals surface area contributed by atoms with Crippen LogP contribution in [-0.2, 0) is 19.2 Å². The molecule has 0 saturated carbocycles. The van der Waals surface area contributed by atoms with Gasteiger partial charge in [0.15, 0.2) is 0 Å². The van der Waals surface area contributed by atoms with E-state index < -0.39 is 35.8 Å². The van der Waals surface area contributed by atoms with Gasteiger partial charge in [0, 0.05) is 26.1 Å². The minimum atomic E-state index is -1.55. The maximum Gasteiger partial charge on any atom is 0.372 e. The highest BCUT2D eigenvalue weighted by Gasteiger charge is 2.34. The molecule has 1 aliphatic rings. The van der Waals surface area contributed by atoms with Gasteiger partial charge in [-0.15, -0.1) is 0 Å². The summed E-state index contributed by atoms with van der Waals surface area (Å²) in [6.45, 7) is 0.874. The van der Waals surface area contributed by atoms with Crippen LogP contribution in [-0.4, -0.2) is 75.6 Å². The Bertz CT molecular complexity index is 437. The van der Waals surface area contributed by atoms with Crippen molar-refractivity contribution in [1.29, 1.82) is 0 Å². The number of ketones is 1. The van der Waals surface area contributed by atoms with Crippen molar-refractivity contribution in [2.45, 2.75) is 31.3 Å². The normalized spacial score (nSPS) is 19.5. The Kier molecular flexibility index (Phi) is 6.25. The summed E-state index contributed by atoms with van der Waals surface area (Å²) in [6, 6.07) is -1.50. The molecule has 0 aromatic carbocycles. The standard InChI is InChI=1S/C12H18N2O7/c15-9(12(20)21)1-4-13-7(10(16)17)2-5-14-6-3-8(14)11(18)19/h7-8,13H,1-6H2,(H,16,17)(H,18,19)(H,20,21)/t7?,8-/m0/s1. The zero-order chi connectivity index (χ0) is 16.0. The minimum absolute atomic E-state index is 0.0511. The highest BCUT2D eigenvalue weighted by molar-refractivity contribution is 6.32. The summed E-state index contributed by atoms with van der Waals surface area (Å²) in [5.74, 6) is -4.58. The first-order chi connectivity index (χ1) is 9.82. The Morgan fingerprint density at radius 3 is 2.29 bits per heavy atom. The summed E-state index contributed by atoms with van der Waals surface area (Å²) in [5, 5.41) is 28.9. The van der Waals surface area contributed by atoms with E-state index in [0.717, 1.165) is 0 Å². The number of likely N-dealkylation sites (tertiary alicyclic amines) is 1. The second-order valence-corrected chi connectivity index (χ2v) is 4.79. The lowest BCUT2D eigenvalue weighted by molar-refractivity contribution is -0.149. The molecule has 0 spiro atoms. The van der Waals surface area contributed by atoms with Gasteiger partial charge in [-0.2, -0.15) is 0 Å². The van der Waals surface area contributed by atoms with E-state index in [1.807, 2.05) is 0 Å². The fourth-order valence-electron chi connectivity index (χ4n) is 2.06. The minimum Gasteiger partial charge on any atom is -0.480 e. The molecule has 0 aromatic heterocycles. The van der Waals surface area contributed by atoms with Crippen LogP contribution < -0.4 is 5.32 Å². The van der Waals surface area contributed by atoms with Crippen LogP contribution >= 0.6 is 0 Å². The Morgan fingerprint density at radius 2 is 1.86 bits per heavy atom. The van der Waals surface area contributed by atoms with Gasteiger partial charge >= 0.3 is 17.9 Å². The van der Waals surface area contributed by atoms with Crippen molar-refractivity contribution in [2.75, 3.05) is 19.6 Å². The van der Waals surface area contributed by atoms with Crippen LogP contribution in [0.2, 0.25) is 0 Å². The fraction of sp³-hybridized carbons (Fsp3) is 0.667. The Morgan fingerprint density at radius 1 is 1.19 bits per heavy atom. The second-order valence-electron chi connectivity index (χ2n) is 4.79. The SMILES string of the molecule is O=C(O)C(=O)CCNC(CCN1CC[C@H]1C(=O)O)C(=O)O. The molecule has 1 saturated heterocycles. The van der Waals surface area contributed by atoms with E-state index in [4.69, 9.17) is 15.3 Å². The number of nitrogens with one attached hydrogen (secondary N) is 1. The molecule has 118 valence electrons. The monoisotopic (exact) mass is 302 g/mol. The molecule has 1 rings (SSSR count). The third-order valence-corrected chi connectivity index (χ3v) is 3.40. The van der Waals surface area contributed by atoms with Crippen LogP contribution in [0.15, 0.2) is 0 Å². The predicted molar refractivity (Wildman–Crippen MR) is 68.9 cm³/mol. The van der Waals surface area contributed by atoms with Gasteiger partial charge in [-0.1, -0.05) is 0 Å². The number of nitrogens with zero attached hydrogens (tertiary/aromatic N) is 1. The largest absolute Gasteiger partial charge is 0.480 e. The molecule has 0 aromatic rings. The highest BCUT2D eigenvalue weighted by Crippen LogP contribution is 2.17. The van der Waals surface area contributed by atoms with Gasteiger partial charge in [-0.05, 0) is 12.8 Å². The first-order valence-electron chi connectivity index (χ1n) is 6.52. The molecule has 9 nitrogen and oxygen atoms in total. The molecule has 0 amide bonds. The maximum atomic E-state index is 11.0. The summed E-state index contributed by atoms with van der Waals surface area (Å²) in [6.07, 6.45) is 0.439. The summed E-state index contributed by atoms with van der Waals surface area (Å²) in [5.41, 5.74) is 0. The van der Waals surface area contributed by atoms with Crippen molar-refractivity contribution in [3.63, 3.8) is 0 Å². The summed E-state index contributed by atoms with van der Waals surface area (Å²) in [7, 11) is 0. The molecule has 1 fully saturated rings. The highest BCUT2D eigenvalue weighted by atomic mass is 16.4. The van der Waals surface area contributed by atoms with Crippen molar-refractivity contribution < 1.29 is 34.5 Å².